The maximum Gasteiger partial charge on any atom is 0.119 e. The van der Waals surface area contributed by atoms with Crippen molar-refractivity contribution in [3.63, 3.8) is 0 Å². The minimum absolute atomic E-state index is 0.698. The van der Waals surface area contributed by atoms with E-state index in [4.69, 9.17) is 10.5 Å². The molecule has 0 aliphatic carbocycles. The normalized spacial score (nSPS) is 11.0. The van der Waals surface area contributed by atoms with Gasteiger partial charge in [0.05, 0.1) is 0 Å². The van der Waals surface area contributed by atoms with Crippen LogP contribution in [0.5, 0.6) is 5.75 Å². The summed E-state index contributed by atoms with van der Waals surface area (Å²) in [5, 5.41) is 0. The summed E-state index contributed by atoms with van der Waals surface area (Å²) in [6.45, 7) is 9.36. The molecule has 0 saturated heterocycles. The van der Waals surface area contributed by atoms with Crippen molar-refractivity contribution in [2.75, 3.05) is 32.8 Å². The standard InChI is InChI=1S/C18H32N2O/c1-3-5-13-20(14-6-4-2)15-16-21-18-9-7-17(8-10-18)11-12-19/h7-10H,3-6,11-16,19H2,1-2H3. The summed E-state index contributed by atoms with van der Waals surface area (Å²) in [6, 6.07) is 8.31. The SMILES string of the molecule is CCCCN(CCCC)CCOc1ccc(CCN)cc1. The lowest BCUT2D eigenvalue weighted by Crippen LogP contribution is -2.30. The Labute approximate surface area is 130 Å². The van der Waals surface area contributed by atoms with Crippen LogP contribution >= 0.6 is 0 Å². The van der Waals surface area contributed by atoms with E-state index in [9.17, 15) is 0 Å². The van der Waals surface area contributed by atoms with Gasteiger partial charge in [0.1, 0.15) is 12.4 Å². The maximum atomic E-state index is 5.86. The number of hydrogen-bond donors (Lipinski definition) is 1. The summed E-state index contributed by atoms with van der Waals surface area (Å²) in [6.07, 6.45) is 6.00. The van der Waals surface area contributed by atoms with Gasteiger partial charge in [0, 0.05) is 6.54 Å². The van der Waals surface area contributed by atoms with Gasteiger partial charge in [-0.1, -0.05) is 38.8 Å². The third-order valence-electron chi connectivity index (χ3n) is 3.69. The van der Waals surface area contributed by atoms with E-state index in [0.717, 1.165) is 25.3 Å². The first-order chi connectivity index (χ1) is 10.3. The van der Waals surface area contributed by atoms with Gasteiger partial charge >= 0.3 is 0 Å². The van der Waals surface area contributed by atoms with Crippen molar-refractivity contribution >= 4 is 0 Å². The van der Waals surface area contributed by atoms with Gasteiger partial charge in [0.15, 0.2) is 0 Å². The second-order valence-electron chi connectivity index (χ2n) is 5.58. The quantitative estimate of drug-likeness (QED) is 0.641. The van der Waals surface area contributed by atoms with Gasteiger partial charge < -0.3 is 10.5 Å². The first-order valence-corrected chi connectivity index (χ1v) is 8.44. The summed E-state index contributed by atoms with van der Waals surface area (Å²) in [5.41, 5.74) is 6.83. The van der Waals surface area contributed by atoms with Gasteiger partial charge in [0.2, 0.25) is 0 Å². The Morgan fingerprint density at radius 2 is 1.57 bits per heavy atom. The molecular weight excluding hydrogens is 260 g/mol. The molecule has 0 radical (unpaired) electrons. The number of benzene rings is 1. The first kappa shape index (κ1) is 18.0. The summed E-state index contributed by atoms with van der Waals surface area (Å²) < 4.78 is 5.86. The predicted octanol–water partition coefficient (Wildman–Crippen LogP) is 3.47. The highest BCUT2D eigenvalue weighted by atomic mass is 16.5. The number of unbranched alkanes of at least 4 members (excludes halogenated alkanes) is 2. The van der Waals surface area contributed by atoms with Crippen molar-refractivity contribution in [3.8, 4) is 5.75 Å². The molecule has 3 nitrogen and oxygen atoms in total. The molecule has 0 fully saturated rings. The molecule has 21 heavy (non-hydrogen) atoms. The number of rotatable bonds is 12. The average molecular weight is 292 g/mol. The van der Waals surface area contributed by atoms with E-state index in [0.29, 0.717) is 6.54 Å². The topological polar surface area (TPSA) is 38.5 Å². The molecule has 0 heterocycles. The van der Waals surface area contributed by atoms with Crippen LogP contribution in [0.4, 0.5) is 0 Å². The lowest BCUT2D eigenvalue weighted by molar-refractivity contribution is 0.204. The molecule has 0 bridgehead atoms. The summed E-state index contributed by atoms with van der Waals surface area (Å²) in [4.78, 5) is 2.52. The molecule has 1 aromatic carbocycles. The Balaban J connectivity index is 2.30. The zero-order valence-corrected chi connectivity index (χ0v) is 13.8. The molecule has 0 atom stereocenters. The van der Waals surface area contributed by atoms with E-state index < -0.39 is 0 Å². The molecule has 1 rings (SSSR count). The summed E-state index contributed by atoms with van der Waals surface area (Å²) in [7, 11) is 0. The second kappa shape index (κ2) is 11.6. The Kier molecular flexibility index (Phi) is 9.92. The van der Waals surface area contributed by atoms with Crippen LogP contribution in [0, 0.1) is 0 Å². The Morgan fingerprint density at radius 3 is 2.10 bits per heavy atom. The van der Waals surface area contributed by atoms with Gasteiger partial charge in [-0.15, -0.1) is 0 Å². The third-order valence-corrected chi connectivity index (χ3v) is 3.69. The van der Waals surface area contributed by atoms with Crippen LogP contribution in [0.25, 0.3) is 0 Å². The summed E-state index contributed by atoms with van der Waals surface area (Å²) in [5.74, 6) is 0.960. The van der Waals surface area contributed by atoms with Crippen LogP contribution in [0.1, 0.15) is 45.1 Å². The fourth-order valence-electron chi connectivity index (χ4n) is 2.31. The first-order valence-electron chi connectivity index (χ1n) is 8.44. The van der Waals surface area contributed by atoms with Crippen LogP contribution in [-0.2, 0) is 6.42 Å². The lowest BCUT2D eigenvalue weighted by Gasteiger charge is -2.22. The third kappa shape index (κ3) is 8.08. The molecule has 0 aliphatic rings. The summed E-state index contributed by atoms with van der Waals surface area (Å²) >= 11 is 0. The molecule has 0 unspecified atom stereocenters. The molecule has 0 spiro atoms. The molecule has 0 aliphatic heterocycles. The van der Waals surface area contributed by atoms with Crippen molar-refractivity contribution in [2.45, 2.75) is 46.0 Å². The minimum atomic E-state index is 0.698. The number of nitrogens with zero attached hydrogens (tertiary/aromatic N) is 1. The van der Waals surface area contributed by atoms with E-state index in [1.54, 1.807) is 0 Å². The monoisotopic (exact) mass is 292 g/mol. The highest BCUT2D eigenvalue weighted by Gasteiger charge is 2.04. The van der Waals surface area contributed by atoms with Crippen LogP contribution in [0.3, 0.4) is 0 Å². The fraction of sp³-hybridized carbons (Fsp3) is 0.667. The number of ether oxygens (including phenoxy) is 1. The molecule has 3 heteroatoms. The average Bonchev–Trinajstić information content (AvgIpc) is 2.51. The van der Waals surface area contributed by atoms with Crippen LogP contribution < -0.4 is 10.5 Å². The maximum absolute atomic E-state index is 5.86. The van der Waals surface area contributed by atoms with Crippen molar-refractivity contribution in [1.82, 2.24) is 4.90 Å². The molecule has 0 saturated carbocycles. The van der Waals surface area contributed by atoms with Crippen molar-refractivity contribution in [2.24, 2.45) is 5.73 Å². The van der Waals surface area contributed by atoms with E-state index in [1.807, 2.05) is 12.1 Å². The van der Waals surface area contributed by atoms with Crippen molar-refractivity contribution < 1.29 is 4.74 Å². The van der Waals surface area contributed by atoms with Gasteiger partial charge in [-0.25, -0.2) is 0 Å². The second-order valence-corrected chi connectivity index (χ2v) is 5.58. The number of nitrogens with two attached hydrogens (primary N) is 1. The lowest BCUT2D eigenvalue weighted by atomic mass is 10.1. The van der Waals surface area contributed by atoms with E-state index in [2.05, 4.69) is 30.9 Å². The van der Waals surface area contributed by atoms with Gasteiger partial charge in [0.25, 0.3) is 0 Å². The van der Waals surface area contributed by atoms with Crippen molar-refractivity contribution in [1.29, 1.82) is 0 Å². The van der Waals surface area contributed by atoms with Gasteiger partial charge in [-0.3, -0.25) is 4.90 Å². The smallest absolute Gasteiger partial charge is 0.119 e. The van der Waals surface area contributed by atoms with Crippen LogP contribution in [0.2, 0.25) is 0 Å². The van der Waals surface area contributed by atoms with Gasteiger partial charge in [-0.2, -0.15) is 0 Å². The zero-order chi connectivity index (χ0) is 15.3. The van der Waals surface area contributed by atoms with Crippen molar-refractivity contribution in [3.05, 3.63) is 29.8 Å². The van der Waals surface area contributed by atoms with E-state index >= 15 is 0 Å². The fourth-order valence-corrected chi connectivity index (χ4v) is 2.31. The highest BCUT2D eigenvalue weighted by Crippen LogP contribution is 2.12. The molecule has 0 amide bonds. The van der Waals surface area contributed by atoms with Gasteiger partial charge in [-0.05, 0) is 56.6 Å². The van der Waals surface area contributed by atoms with Crippen LogP contribution in [0.15, 0.2) is 24.3 Å². The van der Waals surface area contributed by atoms with E-state index in [-0.39, 0.29) is 0 Å². The highest BCUT2D eigenvalue weighted by molar-refractivity contribution is 5.27. The molecule has 1 aromatic rings. The largest absolute Gasteiger partial charge is 0.492 e. The minimum Gasteiger partial charge on any atom is -0.492 e. The Hall–Kier alpha value is -1.06. The zero-order valence-electron chi connectivity index (χ0n) is 13.8. The molecule has 0 aromatic heterocycles. The molecule has 120 valence electrons. The van der Waals surface area contributed by atoms with E-state index in [1.165, 1.54) is 44.3 Å². The number of hydrogen-bond acceptors (Lipinski definition) is 3. The molecule has 2 N–H and O–H groups in total. The molecular formula is C18H32N2O. The predicted molar refractivity (Wildman–Crippen MR) is 91.0 cm³/mol. The van der Waals surface area contributed by atoms with Crippen LogP contribution in [-0.4, -0.2) is 37.7 Å². The Morgan fingerprint density at radius 1 is 0.952 bits per heavy atom. The Bertz CT molecular complexity index is 343.